The summed E-state index contributed by atoms with van der Waals surface area (Å²) in [6.45, 7) is 0. The first-order valence-electron chi connectivity index (χ1n) is 9.27. The van der Waals surface area contributed by atoms with Crippen molar-refractivity contribution in [2.45, 2.75) is 43.8 Å². The Labute approximate surface area is 166 Å². The van der Waals surface area contributed by atoms with Crippen molar-refractivity contribution in [1.29, 1.82) is 0 Å². The van der Waals surface area contributed by atoms with E-state index < -0.39 is 35.6 Å². The second-order valence-corrected chi connectivity index (χ2v) is 7.30. The standard InChI is InChI=1S/C20H18N4O5/c1-2-15(25)22-11-8-10(9-11)21-13-5-3-4-12-17(13)20(29)24(19(12)28)14-6-7-16(26)23-18(14)27/h1,3-5,10-11,14,21H,6-9H2,(H,22,25)(H,23,26,27)/t10-,11-,14?. The Morgan fingerprint density at radius 2 is 1.90 bits per heavy atom. The van der Waals surface area contributed by atoms with E-state index in [-0.39, 0.29) is 36.1 Å². The highest BCUT2D eigenvalue weighted by Crippen LogP contribution is 2.34. The molecule has 0 aromatic heterocycles. The van der Waals surface area contributed by atoms with Crippen molar-refractivity contribution in [3.05, 3.63) is 29.3 Å². The number of carbonyl (C=O) groups excluding carboxylic acids is 5. The number of hydrogen-bond donors (Lipinski definition) is 3. The van der Waals surface area contributed by atoms with E-state index in [0.29, 0.717) is 18.5 Å². The first kappa shape index (κ1) is 18.7. The van der Waals surface area contributed by atoms with Crippen LogP contribution in [0.5, 0.6) is 0 Å². The fourth-order valence-electron chi connectivity index (χ4n) is 3.94. The van der Waals surface area contributed by atoms with E-state index in [9.17, 15) is 24.0 Å². The second-order valence-electron chi connectivity index (χ2n) is 7.30. The zero-order chi connectivity index (χ0) is 20.7. The number of anilines is 1. The van der Waals surface area contributed by atoms with E-state index in [1.54, 1.807) is 18.2 Å². The number of carbonyl (C=O) groups is 5. The molecule has 4 rings (SSSR count). The van der Waals surface area contributed by atoms with Crippen LogP contribution in [-0.4, -0.2) is 52.6 Å². The maximum atomic E-state index is 13.0. The number of nitrogens with zero attached hydrogens (tertiary/aromatic N) is 1. The molecule has 0 spiro atoms. The maximum absolute atomic E-state index is 13.0. The normalized spacial score (nSPS) is 25.6. The number of fused-ring (bicyclic) bond motifs is 1. The van der Waals surface area contributed by atoms with Crippen LogP contribution in [0.2, 0.25) is 0 Å². The SMILES string of the molecule is C#CC(=O)N[C@H]1C[C@H](Nc2cccc3c2C(=O)N(C2CCC(=O)NC2=O)C3=O)C1. The van der Waals surface area contributed by atoms with E-state index in [0.717, 1.165) is 4.90 Å². The van der Waals surface area contributed by atoms with Crippen LogP contribution in [0.25, 0.3) is 0 Å². The Morgan fingerprint density at radius 3 is 2.59 bits per heavy atom. The summed E-state index contributed by atoms with van der Waals surface area (Å²) in [7, 11) is 0. The molecule has 1 atom stereocenters. The van der Waals surface area contributed by atoms with Crippen LogP contribution in [0.15, 0.2) is 18.2 Å². The van der Waals surface area contributed by atoms with Crippen molar-refractivity contribution < 1.29 is 24.0 Å². The predicted molar refractivity (Wildman–Crippen MR) is 101 cm³/mol. The molecule has 3 aliphatic rings. The topological polar surface area (TPSA) is 125 Å². The van der Waals surface area contributed by atoms with Crippen molar-refractivity contribution in [3.63, 3.8) is 0 Å². The van der Waals surface area contributed by atoms with Gasteiger partial charge in [-0.25, -0.2) is 0 Å². The van der Waals surface area contributed by atoms with Gasteiger partial charge < -0.3 is 10.6 Å². The van der Waals surface area contributed by atoms with Crippen LogP contribution >= 0.6 is 0 Å². The maximum Gasteiger partial charge on any atom is 0.295 e. The van der Waals surface area contributed by atoms with Crippen LogP contribution in [0.4, 0.5) is 5.69 Å². The first-order chi connectivity index (χ1) is 13.9. The number of terminal acetylenes is 1. The highest BCUT2D eigenvalue weighted by atomic mass is 16.2. The summed E-state index contributed by atoms with van der Waals surface area (Å²) in [6, 6.07) is 3.88. The van der Waals surface area contributed by atoms with Gasteiger partial charge in [-0.1, -0.05) is 6.07 Å². The van der Waals surface area contributed by atoms with Gasteiger partial charge in [0.05, 0.1) is 11.1 Å². The van der Waals surface area contributed by atoms with Crippen molar-refractivity contribution >= 4 is 35.2 Å². The molecule has 2 heterocycles. The summed E-state index contributed by atoms with van der Waals surface area (Å²) in [5.74, 6) is -0.619. The number of benzene rings is 1. The Balaban J connectivity index is 1.50. The van der Waals surface area contributed by atoms with Gasteiger partial charge in [-0.05, 0) is 37.3 Å². The van der Waals surface area contributed by atoms with Crippen molar-refractivity contribution in [2.75, 3.05) is 5.32 Å². The lowest BCUT2D eigenvalue weighted by Crippen LogP contribution is -2.54. The Bertz CT molecular complexity index is 989. The third-order valence-corrected chi connectivity index (χ3v) is 5.43. The zero-order valence-electron chi connectivity index (χ0n) is 15.4. The number of piperidine rings is 1. The van der Waals surface area contributed by atoms with Crippen molar-refractivity contribution in [3.8, 4) is 12.3 Å². The van der Waals surface area contributed by atoms with Gasteiger partial charge in [0.1, 0.15) is 6.04 Å². The third kappa shape index (κ3) is 3.23. The van der Waals surface area contributed by atoms with E-state index >= 15 is 0 Å². The van der Waals surface area contributed by atoms with Gasteiger partial charge in [0, 0.05) is 24.2 Å². The Hall–Kier alpha value is -3.67. The van der Waals surface area contributed by atoms with Gasteiger partial charge in [-0.3, -0.25) is 34.2 Å². The summed E-state index contributed by atoms with van der Waals surface area (Å²) >= 11 is 0. The highest BCUT2D eigenvalue weighted by Gasteiger charge is 2.46. The molecule has 0 bridgehead atoms. The average Bonchev–Trinajstić information content (AvgIpc) is 2.91. The fourth-order valence-corrected chi connectivity index (χ4v) is 3.94. The Kier molecular flexibility index (Phi) is 4.54. The van der Waals surface area contributed by atoms with Gasteiger partial charge in [-0.2, -0.15) is 0 Å². The summed E-state index contributed by atoms with van der Waals surface area (Å²) in [5.41, 5.74) is 0.946. The van der Waals surface area contributed by atoms with Crippen molar-refractivity contribution in [1.82, 2.24) is 15.5 Å². The molecule has 29 heavy (non-hydrogen) atoms. The fraction of sp³-hybridized carbons (Fsp3) is 0.350. The largest absolute Gasteiger partial charge is 0.381 e. The quantitative estimate of drug-likeness (QED) is 0.479. The highest BCUT2D eigenvalue weighted by molar-refractivity contribution is 6.25. The van der Waals surface area contributed by atoms with Gasteiger partial charge in [0.25, 0.3) is 17.7 Å². The summed E-state index contributed by atoms with van der Waals surface area (Å²) in [6.07, 6.45) is 6.49. The molecule has 9 heteroatoms. The molecule has 1 aliphatic carbocycles. The number of rotatable bonds is 4. The minimum Gasteiger partial charge on any atom is -0.381 e. The lowest BCUT2D eigenvalue weighted by atomic mass is 9.86. The number of nitrogens with one attached hydrogen (secondary N) is 3. The molecule has 148 valence electrons. The molecule has 9 nitrogen and oxygen atoms in total. The zero-order valence-corrected chi connectivity index (χ0v) is 15.4. The van der Waals surface area contributed by atoms with Gasteiger partial charge in [0.15, 0.2) is 0 Å². The third-order valence-electron chi connectivity index (χ3n) is 5.43. The van der Waals surface area contributed by atoms with Gasteiger partial charge in [0.2, 0.25) is 11.8 Å². The van der Waals surface area contributed by atoms with Crippen LogP contribution in [0.1, 0.15) is 46.4 Å². The van der Waals surface area contributed by atoms with E-state index in [1.807, 2.05) is 5.92 Å². The van der Waals surface area contributed by atoms with Gasteiger partial charge >= 0.3 is 0 Å². The van der Waals surface area contributed by atoms with E-state index in [2.05, 4.69) is 16.0 Å². The lowest BCUT2D eigenvalue weighted by molar-refractivity contribution is -0.136. The Morgan fingerprint density at radius 1 is 1.14 bits per heavy atom. The molecule has 2 aliphatic heterocycles. The molecule has 1 aromatic carbocycles. The minimum absolute atomic E-state index is 0.0112. The van der Waals surface area contributed by atoms with Crippen LogP contribution in [0, 0.1) is 12.3 Å². The summed E-state index contributed by atoms with van der Waals surface area (Å²) in [5, 5.41) is 8.10. The lowest BCUT2D eigenvalue weighted by Gasteiger charge is -2.36. The van der Waals surface area contributed by atoms with E-state index in [1.165, 1.54) is 0 Å². The molecule has 1 unspecified atom stereocenters. The average molecular weight is 394 g/mol. The molecule has 0 radical (unpaired) electrons. The smallest absolute Gasteiger partial charge is 0.295 e. The first-order valence-corrected chi connectivity index (χ1v) is 9.27. The molecule has 5 amide bonds. The van der Waals surface area contributed by atoms with Crippen molar-refractivity contribution in [2.24, 2.45) is 0 Å². The van der Waals surface area contributed by atoms with Crippen LogP contribution < -0.4 is 16.0 Å². The molecule has 2 fully saturated rings. The summed E-state index contributed by atoms with van der Waals surface area (Å²) in [4.78, 5) is 61.5. The van der Waals surface area contributed by atoms with E-state index in [4.69, 9.17) is 6.42 Å². The molecule has 3 N–H and O–H groups in total. The van der Waals surface area contributed by atoms with Crippen LogP contribution in [0.3, 0.4) is 0 Å². The number of amides is 5. The summed E-state index contributed by atoms with van der Waals surface area (Å²) < 4.78 is 0. The minimum atomic E-state index is -1.000. The molecular weight excluding hydrogens is 376 g/mol. The van der Waals surface area contributed by atoms with Crippen LogP contribution in [-0.2, 0) is 14.4 Å². The molecule has 1 saturated heterocycles. The monoisotopic (exact) mass is 394 g/mol. The second kappa shape index (κ2) is 7.05. The van der Waals surface area contributed by atoms with Gasteiger partial charge in [-0.15, -0.1) is 6.42 Å². The number of hydrogen-bond acceptors (Lipinski definition) is 6. The molecule has 1 saturated carbocycles. The number of imide groups is 2. The predicted octanol–water partition coefficient (Wildman–Crippen LogP) is -0.220. The molecule has 1 aromatic rings. The molecular formula is C20H18N4O5.